The fourth-order valence-corrected chi connectivity index (χ4v) is 3.57. The average molecular weight is 293 g/mol. The van der Waals surface area contributed by atoms with Gasteiger partial charge in [-0.15, -0.1) is 0 Å². The van der Waals surface area contributed by atoms with Crippen molar-refractivity contribution < 1.29 is 13.5 Å². The summed E-state index contributed by atoms with van der Waals surface area (Å²) in [6.07, 6.45) is 2.16. The van der Waals surface area contributed by atoms with E-state index in [1.54, 1.807) is 18.2 Å². The van der Waals surface area contributed by atoms with Gasteiger partial charge in [-0.1, -0.05) is 17.9 Å². The van der Waals surface area contributed by atoms with Gasteiger partial charge in [0.1, 0.15) is 6.61 Å². The zero-order valence-corrected chi connectivity index (χ0v) is 12.5. The molecule has 5 heteroatoms. The van der Waals surface area contributed by atoms with Crippen molar-refractivity contribution >= 4 is 10.0 Å². The van der Waals surface area contributed by atoms with Gasteiger partial charge in [0, 0.05) is 11.6 Å². The van der Waals surface area contributed by atoms with Crippen LogP contribution in [0.5, 0.6) is 0 Å². The van der Waals surface area contributed by atoms with Gasteiger partial charge < -0.3 is 5.11 Å². The summed E-state index contributed by atoms with van der Waals surface area (Å²) in [7, 11) is -3.58. The third kappa shape index (κ3) is 3.60. The zero-order chi connectivity index (χ0) is 14.8. The summed E-state index contributed by atoms with van der Waals surface area (Å²) in [5.41, 5.74) is 1.36. The molecule has 2 rings (SSSR count). The summed E-state index contributed by atoms with van der Waals surface area (Å²) in [5.74, 6) is 5.66. The monoisotopic (exact) mass is 293 g/mol. The molecule has 1 atom stereocenters. The van der Waals surface area contributed by atoms with Crippen LogP contribution in [0, 0.1) is 24.7 Å². The van der Waals surface area contributed by atoms with Gasteiger partial charge in [-0.3, -0.25) is 0 Å². The number of sulfonamides is 1. The van der Waals surface area contributed by atoms with Gasteiger partial charge in [-0.05, 0) is 50.3 Å². The molecule has 1 unspecified atom stereocenters. The second-order valence-electron chi connectivity index (χ2n) is 5.21. The van der Waals surface area contributed by atoms with Crippen molar-refractivity contribution in [2.24, 2.45) is 5.92 Å². The standard InChI is InChI=1S/C15H19NO3S/c1-11-5-8-15(14(10-11)4-3-9-17)20(18,19)16-12(2)13-6-7-13/h5,8,10,12-13,16-17H,6-7,9H2,1-2H3. The van der Waals surface area contributed by atoms with Crippen LogP contribution in [0.1, 0.15) is 30.9 Å². The fraction of sp³-hybridized carbons (Fsp3) is 0.467. The topological polar surface area (TPSA) is 66.4 Å². The van der Waals surface area contributed by atoms with Crippen molar-refractivity contribution in [3.8, 4) is 11.8 Å². The molecule has 1 saturated carbocycles. The summed E-state index contributed by atoms with van der Waals surface area (Å²) < 4.78 is 27.6. The van der Waals surface area contributed by atoms with E-state index in [1.807, 2.05) is 13.8 Å². The van der Waals surface area contributed by atoms with E-state index in [2.05, 4.69) is 16.6 Å². The SMILES string of the molecule is Cc1ccc(S(=O)(=O)NC(C)C2CC2)c(C#CCO)c1. The maximum atomic E-state index is 12.4. The molecule has 2 N–H and O–H groups in total. The molecule has 0 heterocycles. The molecule has 0 bridgehead atoms. The van der Waals surface area contributed by atoms with E-state index in [1.165, 1.54) is 0 Å². The number of benzene rings is 1. The molecule has 0 radical (unpaired) electrons. The Morgan fingerprint density at radius 2 is 2.15 bits per heavy atom. The average Bonchev–Trinajstić information content (AvgIpc) is 3.19. The van der Waals surface area contributed by atoms with Gasteiger partial charge in [0.05, 0.1) is 4.90 Å². The Hall–Kier alpha value is -1.35. The minimum Gasteiger partial charge on any atom is -0.384 e. The van der Waals surface area contributed by atoms with Crippen LogP contribution < -0.4 is 4.72 Å². The first-order valence-corrected chi connectivity index (χ1v) is 8.15. The minimum atomic E-state index is -3.58. The van der Waals surface area contributed by atoms with E-state index in [-0.39, 0.29) is 17.5 Å². The molecule has 4 nitrogen and oxygen atoms in total. The smallest absolute Gasteiger partial charge is 0.242 e. The lowest BCUT2D eigenvalue weighted by molar-refractivity contribution is 0.350. The van der Waals surface area contributed by atoms with Gasteiger partial charge in [0.25, 0.3) is 0 Å². The van der Waals surface area contributed by atoms with Crippen LogP contribution in [0.15, 0.2) is 23.1 Å². The van der Waals surface area contributed by atoms with Crippen molar-refractivity contribution in [2.75, 3.05) is 6.61 Å². The van der Waals surface area contributed by atoms with Crippen molar-refractivity contribution in [1.82, 2.24) is 4.72 Å². The van der Waals surface area contributed by atoms with Crippen LogP contribution >= 0.6 is 0 Å². The van der Waals surface area contributed by atoms with E-state index in [4.69, 9.17) is 5.11 Å². The van der Waals surface area contributed by atoms with Crippen LogP contribution in [0.3, 0.4) is 0 Å². The Balaban J connectivity index is 2.34. The molecule has 0 aromatic heterocycles. The predicted molar refractivity (Wildman–Crippen MR) is 77.7 cm³/mol. The van der Waals surface area contributed by atoms with E-state index in [9.17, 15) is 8.42 Å². The second-order valence-corrected chi connectivity index (χ2v) is 6.89. The Bertz CT molecular complexity index is 651. The van der Waals surface area contributed by atoms with Crippen molar-refractivity contribution in [3.63, 3.8) is 0 Å². The number of hydrogen-bond acceptors (Lipinski definition) is 3. The lowest BCUT2D eigenvalue weighted by Crippen LogP contribution is -2.34. The Kier molecular flexibility index (Phi) is 4.48. The summed E-state index contributed by atoms with van der Waals surface area (Å²) in [5, 5.41) is 8.78. The van der Waals surface area contributed by atoms with E-state index < -0.39 is 10.0 Å². The third-order valence-electron chi connectivity index (χ3n) is 3.40. The number of rotatable bonds is 4. The number of hydrogen-bond donors (Lipinski definition) is 2. The molecule has 0 saturated heterocycles. The first-order chi connectivity index (χ1) is 9.44. The van der Waals surface area contributed by atoms with Crippen molar-refractivity contribution in [3.05, 3.63) is 29.3 Å². The maximum absolute atomic E-state index is 12.4. The summed E-state index contributed by atoms with van der Waals surface area (Å²) in [6, 6.07) is 4.98. The van der Waals surface area contributed by atoms with Gasteiger partial charge in [-0.2, -0.15) is 0 Å². The maximum Gasteiger partial charge on any atom is 0.242 e. The molecule has 20 heavy (non-hydrogen) atoms. The second kappa shape index (κ2) is 5.96. The summed E-state index contributed by atoms with van der Waals surface area (Å²) in [6.45, 7) is 3.47. The van der Waals surface area contributed by atoms with E-state index >= 15 is 0 Å². The van der Waals surface area contributed by atoms with Gasteiger partial charge in [0.15, 0.2) is 0 Å². The number of aliphatic hydroxyl groups excluding tert-OH is 1. The van der Waals surface area contributed by atoms with E-state index in [0.29, 0.717) is 11.5 Å². The van der Waals surface area contributed by atoms with Gasteiger partial charge >= 0.3 is 0 Å². The number of nitrogens with one attached hydrogen (secondary N) is 1. The Labute approximate surface area is 120 Å². The quantitative estimate of drug-likeness (QED) is 0.825. The lowest BCUT2D eigenvalue weighted by Gasteiger charge is -2.14. The number of aryl methyl sites for hydroxylation is 1. The minimum absolute atomic E-state index is 0.0556. The highest BCUT2D eigenvalue weighted by Crippen LogP contribution is 2.33. The molecule has 1 aromatic rings. The van der Waals surface area contributed by atoms with Gasteiger partial charge in [0.2, 0.25) is 10.0 Å². The molecule has 0 spiro atoms. The molecule has 1 aliphatic carbocycles. The normalized spacial score (nSPS) is 16.4. The molecular formula is C15H19NO3S. The fourth-order valence-electron chi connectivity index (χ4n) is 2.11. The number of aliphatic hydroxyl groups is 1. The third-order valence-corrected chi connectivity index (χ3v) is 5.01. The van der Waals surface area contributed by atoms with Crippen LogP contribution in [0.2, 0.25) is 0 Å². The van der Waals surface area contributed by atoms with Crippen molar-refractivity contribution in [1.29, 1.82) is 0 Å². The molecule has 0 aliphatic heterocycles. The molecule has 1 aromatic carbocycles. The largest absolute Gasteiger partial charge is 0.384 e. The first kappa shape index (κ1) is 15.0. The molecule has 1 fully saturated rings. The lowest BCUT2D eigenvalue weighted by atomic mass is 10.1. The Morgan fingerprint density at radius 1 is 1.45 bits per heavy atom. The van der Waals surface area contributed by atoms with E-state index in [0.717, 1.165) is 18.4 Å². The first-order valence-electron chi connectivity index (χ1n) is 6.67. The molecule has 1 aliphatic rings. The highest BCUT2D eigenvalue weighted by atomic mass is 32.2. The zero-order valence-electron chi connectivity index (χ0n) is 11.7. The Morgan fingerprint density at radius 3 is 2.75 bits per heavy atom. The summed E-state index contributed by atoms with van der Waals surface area (Å²) in [4.78, 5) is 0.177. The van der Waals surface area contributed by atoms with Crippen LogP contribution in [-0.4, -0.2) is 26.2 Å². The molecule has 108 valence electrons. The van der Waals surface area contributed by atoms with Crippen LogP contribution in [0.4, 0.5) is 0 Å². The van der Waals surface area contributed by atoms with Gasteiger partial charge in [-0.25, -0.2) is 13.1 Å². The van der Waals surface area contributed by atoms with Crippen molar-refractivity contribution in [2.45, 2.75) is 37.6 Å². The highest BCUT2D eigenvalue weighted by molar-refractivity contribution is 7.89. The highest BCUT2D eigenvalue weighted by Gasteiger charge is 2.31. The summed E-state index contributed by atoms with van der Waals surface area (Å²) >= 11 is 0. The van der Waals surface area contributed by atoms with Crippen LogP contribution in [-0.2, 0) is 10.0 Å². The molecule has 0 amide bonds. The predicted octanol–water partition coefficient (Wildman–Crippen LogP) is 1.42. The molecular weight excluding hydrogens is 274 g/mol. The van der Waals surface area contributed by atoms with Crippen LogP contribution in [0.25, 0.3) is 0 Å².